The molecule has 2 amide bonds. The van der Waals surface area contributed by atoms with E-state index in [1.165, 1.54) is 6.07 Å². The van der Waals surface area contributed by atoms with Gasteiger partial charge in [-0.3, -0.25) is 13.9 Å². The van der Waals surface area contributed by atoms with Crippen LogP contribution in [0.1, 0.15) is 29.3 Å². The summed E-state index contributed by atoms with van der Waals surface area (Å²) in [5.41, 5.74) is 1.60. The van der Waals surface area contributed by atoms with Crippen LogP contribution in [0.5, 0.6) is 0 Å². The smallest absolute Gasteiger partial charge is 0.253 e. The van der Waals surface area contributed by atoms with Crippen molar-refractivity contribution in [1.29, 1.82) is 0 Å². The Morgan fingerprint density at radius 2 is 1.83 bits per heavy atom. The number of nitrogens with one attached hydrogen (secondary N) is 2. The number of sulfonamides is 1. The Labute approximate surface area is 176 Å². The number of anilines is 2. The van der Waals surface area contributed by atoms with Gasteiger partial charge in [0.1, 0.15) is 6.54 Å². The number of amides is 2. The zero-order valence-electron chi connectivity index (χ0n) is 16.5. The van der Waals surface area contributed by atoms with Crippen molar-refractivity contribution < 1.29 is 18.0 Å². The maximum atomic E-state index is 12.6. The van der Waals surface area contributed by atoms with Crippen molar-refractivity contribution in [2.75, 3.05) is 29.0 Å². The number of halogens is 1. The molecule has 9 heteroatoms. The first-order valence-corrected chi connectivity index (χ1v) is 11.3. The third-order valence-corrected chi connectivity index (χ3v) is 5.47. The van der Waals surface area contributed by atoms with Crippen molar-refractivity contribution in [3.05, 3.63) is 58.6 Å². The molecule has 29 heavy (non-hydrogen) atoms. The Kier molecular flexibility index (Phi) is 7.64. The molecule has 2 rings (SSSR count). The third kappa shape index (κ3) is 6.20. The summed E-state index contributed by atoms with van der Waals surface area (Å²) in [4.78, 5) is 25.0. The van der Waals surface area contributed by atoms with Gasteiger partial charge in [0, 0.05) is 11.6 Å². The summed E-state index contributed by atoms with van der Waals surface area (Å²) < 4.78 is 25.6. The standard InChI is InChI=1S/C20H24ClN3O4S/c1-4-11-22-20(26)16-7-5-6-8-17(16)23-19(25)13-24(29(3,27)28)18-12-15(21)10-9-14(18)2/h5-10,12H,4,11,13H2,1-3H3,(H,22,26)(H,23,25). The molecule has 0 aromatic heterocycles. The van der Waals surface area contributed by atoms with E-state index < -0.39 is 22.5 Å². The first-order valence-electron chi connectivity index (χ1n) is 9.04. The van der Waals surface area contributed by atoms with E-state index >= 15 is 0 Å². The lowest BCUT2D eigenvalue weighted by Gasteiger charge is -2.24. The van der Waals surface area contributed by atoms with Crippen LogP contribution in [0.25, 0.3) is 0 Å². The maximum Gasteiger partial charge on any atom is 0.253 e. The van der Waals surface area contributed by atoms with E-state index in [2.05, 4.69) is 10.6 Å². The number of carbonyl (C=O) groups is 2. The van der Waals surface area contributed by atoms with Crippen molar-refractivity contribution in [3.63, 3.8) is 0 Å². The van der Waals surface area contributed by atoms with Crippen LogP contribution in [-0.2, 0) is 14.8 Å². The van der Waals surface area contributed by atoms with E-state index in [0.717, 1.165) is 17.0 Å². The number of benzene rings is 2. The van der Waals surface area contributed by atoms with Crippen molar-refractivity contribution >= 4 is 44.8 Å². The summed E-state index contributed by atoms with van der Waals surface area (Å²) in [6.45, 7) is 3.72. The second kappa shape index (κ2) is 9.76. The van der Waals surface area contributed by atoms with Crippen molar-refractivity contribution in [3.8, 4) is 0 Å². The topological polar surface area (TPSA) is 95.6 Å². The summed E-state index contributed by atoms with van der Waals surface area (Å²) >= 11 is 6.01. The third-order valence-electron chi connectivity index (χ3n) is 4.11. The Balaban J connectivity index is 2.26. The zero-order chi connectivity index (χ0) is 21.6. The molecule has 2 N–H and O–H groups in total. The average molecular weight is 438 g/mol. The molecule has 0 fully saturated rings. The fraction of sp³-hybridized carbons (Fsp3) is 0.300. The van der Waals surface area contributed by atoms with Crippen LogP contribution >= 0.6 is 11.6 Å². The zero-order valence-corrected chi connectivity index (χ0v) is 18.1. The van der Waals surface area contributed by atoms with Crippen LogP contribution in [0, 0.1) is 6.92 Å². The first kappa shape index (κ1) is 22.7. The summed E-state index contributed by atoms with van der Waals surface area (Å²) in [7, 11) is -3.75. The van der Waals surface area contributed by atoms with Gasteiger partial charge in [-0.05, 0) is 43.2 Å². The molecule has 0 aliphatic rings. The fourth-order valence-electron chi connectivity index (χ4n) is 2.68. The molecule has 0 unspecified atom stereocenters. The van der Waals surface area contributed by atoms with Crippen LogP contribution < -0.4 is 14.9 Å². The van der Waals surface area contributed by atoms with Crippen LogP contribution in [0.15, 0.2) is 42.5 Å². The number of para-hydroxylation sites is 1. The minimum atomic E-state index is -3.75. The van der Waals surface area contributed by atoms with Gasteiger partial charge < -0.3 is 10.6 Å². The number of rotatable bonds is 8. The molecule has 0 saturated heterocycles. The van der Waals surface area contributed by atoms with Gasteiger partial charge in [0.25, 0.3) is 5.91 Å². The van der Waals surface area contributed by atoms with Gasteiger partial charge in [-0.2, -0.15) is 0 Å². The van der Waals surface area contributed by atoms with Gasteiger partial charge in [-0.15, -0.1) is 0 Å². The van der Waals surface area contributed by atoms with Gasteiger partial charge in [-0.1, -0.05) is 36.7 Å². The number of aryl methyl sites for hydroxylation is 1. The molecular formula is C20H24ClN3O4S. The van der Waals surface area contributed by atoms with E-state index in [4.69, 9.17) is 11.6 Å². The largest absolute Gasteiger partial charge is 0.352 e. The van der Waals surface area contributed by atoms with Crippen molar-refractivity contribution in [1.82, 2.24) is 5.32 Å². The van der Waals surface area contributed by atoms with Gasteiger partial charge in [0.05, 0.1) is 23.2 Å². The Morgan fingerprint density at radius 3 is 2.48 bits per heavy atom. The highest BCUT2D eigenvalue weighted by atomic mass is 35.5. The second-order valence-electron chi connectivity index (χ2n) is 6.55. The lowest BCUT2D eigenvalue weighted by atomic mass is 10.1. The predicted octanol–water partition coefficient (Wildman–Crippen LogP) is 3.19. The molecule has 0 atom stereocenters. The van der Waals surface area contributed by atoms with Gasteiger partial charge >= 0.3 is 0 Å². The molecule has 0 bridgehead atoms. The second-order valence-corrected chi connectivity index (χ2v) is 8.89. The summed E-state index contributed by atoms with van der Waals surface area (Å²) in [6, 6.07) is 11.4. The first-order chi connectivity index (χ1) is 13.6. The Hall–Kier alpha value is -2.58. The normalized spacial score (nSPS) is 11.0. The molecule has 156 valence electrons. The van der Waals surface area contributed by atoms with Gasteiger partial charge in [-0.25, -0.2) is 8.42 Å². The minimum Gasteiger partial charge on any atom is -0.352 e. The predicted molar refractivity (Wildman–Crippen MR) is 116 cm³/mol. The summed E-state index contributed by atoms with van der Waals surface area (Å²) in [6.07, 6.45) is 1.80. The molecule has 0 heterocycles. The lowest BCUT2D eigenvalue weighted by molar-refractivity contribution is -0.114. The highest BCUT2D eigenvalue weighted by Crippen LogP contribution is 2.26. The Morgan fingerprint density at radius 1 is 1.14 bits per heavy atom. The maximum absolute atomic E-state index is 12.6. The Bertz CT molecular complexity index is 1010. The van der Waals surface area contributed by atoms with E-state index in [1.54, 1.807) is 43.3 Å². The van der Waals surface area contributed by atoms with Gasteiger partial charge in [0.15, 0.2) is 0 Å². The quantitative estimate of drug-likeness (QED) is 0.662. The molecular weight excluding hydrogens is 414 g/mol. The minimum absolute atomic E-state index is 0.305. The van der Waals surface area contributed by atoms with Crippen molar-refractivity contribution in [2.24, 2.45) is 0 Å². The molecule has 2 aromatic carbocycles. The number of hydrogen-bond acceptors (Lipinski definition) is 4. The summed E-state index contributed by atoms with van der Waals surface area (Å²) in [5, 5.41) is 5.75. The van der Waals surface area contributed by atoms with Crippen LogP contribution in [0.3, 0.4) is 0 Å². The molecule has 0 saturated carbocycles. The average Bonchev–Trinajstić information content (AvgIpc) is 2.66. The molecule has 0 radical (unpaired) electrons. The molecule has 0 aliphatic carbocycles. The molecule has 0 aliphatic heterocycles. The van der Waals surface area contributed by atoms with Crippen molar-refractivity contribution in [2.45, 2.75) is 20.3 Å². The van der Waals surface area contributed by atoms with E-state index in [-0.39, 0.29) is 5.91 Å². The number of carbonyl (C=O) groups excluding carboxylic acids is 2. The van der Waals surface area contributed by atoms with Gasteiger partial charge in [0.2, 0.25) is 15.9 Å². The highest BCUT2D eigenvalue weighted by molar-refractivity contribution is 7.92. The molecule has 2 aromatic rings. The lowest BCUT2D eigenvalue weighted by Crippen LogP contribution is -2.38. The van der Waals surface area contributed by atoms with E-state index in [9.17, 15) is 18.0 Å². The monoisotopic (exact) mass is 437 g/mol. The molecule has 0 spiro atoms. The highest BCUT2D eigenvalue weighted by Gasteiger charge is 2.23. The molecule has 7 nitrogen and oxygen atoms in total. The van der Waals surface area contributed by atoms with Crippen LogP contribution in [-0.4, -0.2) is 39.6 Å². The van der Waals surface area contributed by atoms with Crippen LogP contribution in [0.2, 0.25) is 5.02 Å². The van der Waals surface area contributed by atoms with Crippen LogP contribution in [0.4, 0.5) is 11.4 Å². The number of hydrogen-bond donors (Lipinski definition) is 2. The number of nitrogens with zero attached hydrogens (tertiary/aromatic N) is 1. The SMILES string of the molecule is CCCNC(=O)c1ccccc1NC(=O)CN(c1cc(Cl)ccc1C)S(C)(=O)=O. The summed E-state index contributed by atoms with van der Waals surface area (Å²) in [5.74, 6) is -0.890. The van der Waals surface area contributed by atoms with E-state index in [1.807, 2.05) is 6.92 Å². The van der Waals surface area contributed by atoms with E-state index in [0.29, 0.717) is 34.1 Å². The fourth-order valence-corrected chi connectivity index (χ4v) is 3.75.